The van der Waals surface area contributed by atoms with Crippen molar-refractivity contribution >= 4 is 8.32 Å². The van der Waals surface area contributed by atoms with Gasteiger partial charge in [0.15, 0.2) is 31.3 Å². The number of methoxy groups -OCH3 is 2. The van der Waals surface area contributed by atoms with Crippen LogP contribution in [0.15, 0.2) is 60.7 Å². The van der Waals surface area contributed by atoms with Crippen LogP contribution in [0.2, 0.25) is 18.1 Å². The third kappa shape index (κ3) is 6.84. The molecule has 36 heavy (non-hydrogen) atoms. The molecule has 1 N–H and O–H groups in total. The van der Waals surface area contributed by atoms with Gasteiger partial charge in [-0.25, -0.2) is 0 Å². The van der Waals surface area contributed by atoms with E-state index in [1.165, 1.54) is 7.11 Å². The smallest absolute Gasteiger partial charge is 0.192 e. The fourth-order valence-corrected chi connectivity index (χ4v) is 4.18. The van der Waals surface area contributed by atoms with Crippen molar-refractivity contribution < 1.29 is 23.7 Å². The van der Waals surface area contributed by atoms with Gasteiger partial charge in [0.2, 0.25) is 0 Å². The second kappa shape index (κ2) is 11.6. The molecule has 0 unspecified atom stereocenters. The Morgan fingerprint density at radius 3 is 2.11 bits per heavy atom. The van der Waals surface area contributed by atoms with Crippen LogP contribution in [0.1, 0.15) is 43.0 Å². The lowest BCUT2D eigenvalue weighted by Gasteiger charge is -2.36. The Kier molecular flexibility index (Phi) is 8.73. The largest absolute Gasteiger partial charge is 0.503 e. The summed E-state index contributed by atoms with van der Waals surface area (Å²) in [6.07, 6.45) is 0. The molecule has 0 aromatic heterocycles. The zero-order chi connectivity index (χ0) is 26.3. The molecule has 0 heterocycles. The van der Waals surface area contributed by atoms with E-state index in [1.807, 2.05) is 54.6 Å². The van der Waals surface area contributed by atoms with Crippen molar-refractivity contribution in [2.75, 3.05) is 14.2 Å². The maximum Gasteiger partial charge on any atom is 0.192 e. The minimum absolute atomic E-state index is 0.0101. The lowest BCUT2D eigenvalue weighted by atomic mass is 10.1. The average Bonchev–Trinajstić information content (AvgIpc) is 2.86. The summed E-state index contributed by atoms with van der Waals surface area (Å²) in [6.45, 7) is 11.9. The van der Waals surface area contributed by atoms with Crippen LogP contribution >= 0.6 is 0 Å². The Hall–Kier alpha value is -3.40. The summed E-state index contributed by atoms with van der Waals surface area (Å²) in [5.41, 5.74) is 3.19. The second-order valence-corrected chi connectivity index (χ2v) is 14.9. The molecule has 3 rings (SSSR count). The van der Waals surface area contributed by atoms with Gasteiger partial charge in [0, 0.05) is 5.56 Å². The number of hydrogen-bond donors (Lipinski definition) is 1. The van der Waals surface area contributed by atoms with E-state index in [2.05, 4.69) is 45.7 Å². The average molecular weight is 505 g/mol. The molecule has 190 valence electrons. The van der Waals surface area contributed by atoms with Crippen LogP contribution in [-0.4, -0.2) is 27.6 Å². The van der Waals surface area contributed by atoms with E-state index in [0.29, 0.717) is 36.0 Å². The van der Waals surface area contributed by atoms with Gasteiger partial charge in [-0.3, -0.25) is 0 Å². The van der Waals surface area contributed by atoms with Crippen LogP contribution in [0.4, 0.5) is 0 Å². The molecule has 0 aliphatic heterocycles. The van der Waals surface area contributed by atoms with E-state index in [0.717, 1.165) is 16.7 Å². The van der Waals surface area contributed by atoms with Crippen LogP contribution in [0, 0.1) is 11.8 Å². The molecule has 3 aromatic rings. The van der Waals surface area contributed by atoms with E-state index in [9.17, 15) is 5.11 Å². The van der Waals surface area contributed by atoms with Crippen molar-refractivity contribution in [2.45, 2.75) is 52.1 Å². The van der Waals surface area contributed by atoms with Gasteiger partial charge in [0.05, 0.1) is 26.4 Å². The molecule has 0 fully saturated rings. The maximum atomic E-state index is 10.7. The Bertz CT molecular complexity index is 1230. The normalized spacial score (nSPS) is 11.4. The summed E-state index contributed by atoms with van der Waals surface area (Å²) in [7, 11) is 1.21. The molecule has 0 aliphatic carbocycles. The first-order valence-electron chi connectivity index (χ1n) is 11.9. The molecule has 0 aliphatic rings. The van der Waals surface area contributed by atoms with E-state index in [4.69, 9.17) is 18.6 Å². The Morgan fingerprint density at radius 2 is 1.47 bits per heavy atom. The highest BCUT2D eigenvalue weighted by Gasteiger charge is 2.37. The van der Waals surface area contributed by atoms with Crippen LogP contribution in [-0.2, 0) is 17.6 Å². The Balaban J connectivity index is 1.82. The van der Waals surface area contributed by atoms with Crippen molar-refractivity contribution in [1.82, 2.24) is 0 Å². The summed E-state index contributed by atoms with van der Waals surface area (Å²) in [4.78, 5) is 0. The molecule has 0 atom stereocenters. The van der Waals surface area contributed by atoms with Crippen molar-refractivity contribution in [3.63, 3.8) is 0 Å². The third-order valence-corrected chi connectivity index (χ3v) is 11.0. The van der Waals surface area contributed by atoms with Gasteiger partial charge >= 0.3 is 0 Å². The number of phenolic OH excluding ortho intramolecular Hbond substituents is 1. The predicted molar refractivity (Wildman–Crippen MR) is 146 cm³/mol. The number of hydrogen-bond acceptors (Lipinski definition) is 5. The number of ether oxygens (including phenoxy) is 3. The van der Waals surface area contributed by atoms with Crippen LogP contribution < -0.4 is 14.2 Å². The first-order valence-corrected chi connectivity index (χ1v) is 14.9. The van der Waals surface area contributed by atoms with Gasteiger partial charge in [0.1, 0.15) is 6.61 Å². The molecule has 0 radical (unpaired) electrons. The number of aromatic hydroxyl groups is 1. The molecule has 0 saturated carbocycles. The first kappa shape index (κ1) is 27.2. The van der Waals surface area contributed by atoms with Gasteiger partial charge in [-0.1, -0.05) is 62.9 Å². The van der Waals surface area contributed by atoms with Crippen molar-refractivity contribution in [3.8, 4) is 34.8 Å². The predicted octanol–water partition coefficient (Wildman–Crippen LogP) is 6.91. The second-order valence-electron chi connectivity index (χ2n) is 10.1. The Morgan fingerprint density at radius 1 is 0.778 bits per heavy atom. The zero-order valence-electron chi connectivity index (χ0n) is 22.3. The highest BCUT2D eigenvalue weighted by Crippen LogP contribution is 2.38. The van der Waals surface area contributed by atoms with E-state index in [1.54, 1.807) is 13.2 Å². The monoisotopic (exact) mass is 504 g/mol. The fourth-order valence-electron chi connectivity index (χ4n) is 3.22. The molecular weight excluding hydrogens is 468 g/mol. The summed E-state index contributed by atoms with van der Waals surface area (Å²) in [6, 6.07) is 19.2. The van der Waals surface area contributed by atoms with Gasteiger partial charge in [-0.2, -0.15) is 0 Å². The van der Waals surface area contributed by atoms with E-state index >= 15 is 0 Å². The fraction of sp³-hybridized carbons (Fsp3) is 0.333. The van der Waals surface area contributed by atoms with E-state index in [-0.39, 0.29) is 10.8 Å². The standard InChI is InChI=1S/C30H36O5Si/c1-30(2,3)36(6,7)35-21-24-17-25(29(31)28(19-24)33-5)15-13-22-14-16-26(27(18-22)32-4)34-20-23-11-9-8-10-12-23/h8-12,14,16-19,31H,20-21H2,1-7H3. The highest BCUT2D eigenvalue weighted by molar-refractivity contribution is 6.74. The molecule has 3 aromatic carbocycles. The zero-order valence-corrected chi connectivity index (χ0v) is 23.3. The quantitative estimate of drug-likeness (QED) is 0.267. The van der Waals surface area contributed by atoms with Gasteiger partial charge in [-0.05, 0) is 59.6 Å². The SMILES string of the molecule is COc1cc(C#Cc2cc(CO[Si](C)(C)C(C)(C)C)cc(OC)c2O)ccc1OCc1ccccc1. The molecule has 0 saturated heterocycles. The third-order valence-electron chi connectivity index (χ3n) is 6.50. The minimum atomic E-state index is -1.93. The van der Waals surface area contributed by atoms with Gasteiger partial charge in [0.25, 0.3) is 0 Å². The lowest BCUT2D eigenvalue weighted by molar-refractivity contribution is 0.275. The molecule has 6 heteroatoms. The topological polar surface area (TPSA) is 57.2 Å². The van der Waals surface area contributed by atoms with Gasteiger partial charge < -0.3 is 23.7 Å². The van der Waals surface area contributed by atoms with Gasteiger partial charge in [-0.15, -0.1) is 0 Å². The van der Waals surface area contributed by atoms with Crippen LogP contribution in [0.3, 0.4) is 0 Å². The van der Waals surface area contributed by atoms with Crippen molar-refractivity contribution in [1.29, 1.82) is 0 Å². The summed E-state index contributed by atoms with van der Waals surface area (Å²) >= 11 is 0. The Labute approximate surface area is 216 Å². The van der Waals surface area contributed by atoms with Crippen molar-refractivity contribution in [2.24, 2.45) is 0 Å². The molecule has 0 amide bonds. The van der Waals surface area contributed by atoms with Crippen LogP contribution in [0.5, 0.6) is 23.0 Å². The minimum Gasteiger partial charge on any atom is -0.503 e. The molecule has 0 spiro atoms. The van der Waals surface area contributed by atoms with E-state index < -0.39 is 8.32 Å². The lowest BCUT2D eigenvalue weighted by Crippen LogP contribution is -2.40. The summed E-state index contributed by atoms with van der Waals surface area (Å²) in [5, 5.41) is 10.8. The summed E-state index contributed by atoms with van der Waals surface area (Å²) < 4.78 is 23.2. The van der Waals surface area contributed by atoms with Crippen molar-refractivity contribution in [3.05, 3.63) is 82.9 Å². The first-order chi connectivity index (χ1) is 17.0. The molecular formula is C30H36O5Si. The maximum absolute atomic E-state index is 10.7. The summed E-state index contributed by atoms with van der Waals surface area (Å²) in [5.74, 6) is 7.82. The number of rotatable bonds is 8. The molecule has 0 bridgehead atoms. The number of phenols is 1. The number of benzene rings is 3. The highest BCUT2D eigenvalue weighted by atomic mass is 28.4. The van der Waals surface area contributed by atoms with Crippen LogP contribution in [0.25, 0.3) is 0 Å². The molecule has 5 nitrogen and oxygen atoms in total.